The first kappa shape index (κ1) is 13.2. The third kappa shape index (κ3) is 2.45. The van der Waals surface area contributed by atoms with E-state index in [1.54, 1.807) is 30.9 Å². The SMILES string of the molecule is CCCN(C)S(=O)(=O)c1cc(CN)n(C)c1. The van der Waals surface area contributed by atoms with Crippen LogP contribution in [0.15, 0.2) is 17.2 Å². The van der Waals surface area contributed by atoms with Gasteiger partial charge in [-0.05, 0) is 12.5 Å². The molecule has 0 saturated heterocycles. The molecule has 0 amide bonds. The summed E-state index contributed by atoms with van der Waals surface area (Å²) in [6.07, 6.45) is 2.40. The molecule has 1 heterocycles. The monoisotopic (exact) mass is 245 g/mol. The van der Waals surface area contributed by atoms with Crippen molar-refractivity contribution < 1.29 is 8.42 Å². The molecular weight excluding hydrogens is 226 g/mol. The fraction of sp³-hybridized carbons (Fsp3) is 0.600. The van der Waals surface area contributed by atoms with E-state index in [9.17, 15) is 8.42 Å². The van der Waals surface area contributed by atoms with Gasteiger partial charge in [0.25, 0.3) is 0 Å². The van der Waals surface area contributed by atoms with Gasteiger partial charge in [-0.3, -0.25) is 0 Å². The molecule has 0 spiro atoms. The molecule has 1 rings (SSSR count). The first-order chi connectivity index (χ1) is 7.43. The summed E-state index contributed by atoms with van der Waals surface area (Å²) >= 11 is 0. The van der Waals surface area contributed by atoms with Crippen LogP contribution >= 0.6 is 0 Å². The average molecular weight is 245 g/mol. The number of sulfonamides is 1. The highest BCUT2D eigenvalue weighted by Gasteiger charge is 2.21. The van der Waals surface area contributed by atoms with E-state index in [1.165, 1.54) is 4.31 Å². The molecule has 0 aromatic carbocycles. The lowest BCUT2D eigenvalue weighted by Gasteiger charge is -2.14. The number of aromatic nitrogens is 1. The lowest BCUT2D eigenvalue weighted by atomic mass is 10.4. The van der Waals surface area contributed by atoms with Gasteiger partial charge in [-0.15, -0.1) is 0 Å². The van der Waals surface area contributed by atoms with Gasteiger partial charge in [-0.1, -0.05) is 6.92 Å². The molecular formula is C10H19N3O2S. The number of hydrogen-bond acceptors (Lipinski definition) is 3. The Morgan fingerprint density at radius 3 is 2.56 bits per heavy atom. The maximum atomic E-state index is 12.1. The van der Waals surface area contributed by atoms with Gasteiger partial charge in [0, 0.05) is 39.1 Å². The van der Waals surface area contributed by atoms with Gasteiger partial charge < -0.3 is 10.3 Å². The zero-order valence-electron chi connectivity index (χ0n) is 9.97. The summed E-state index contributed by atoms with van der Waals surface area (Å²) in [5.74, 6) is 0. The Hall–Kier alpha value is -0.850. The van der Waals surface area contributed by atoms with Crippen LogP contribution in [0.25, 0.3) is 0 Å². The van der Waals surface area contributed by atoms with Gasteiger partial charge in [0.1, 0.15) is 4.90 Å². The van der Waals surface area contributed by atoms with E-state index in [2.05, 4.69) is 0 Å². The van der Waals surface area contributed by atoms with E-state index >= 15 is 0 Å². The van der Waals surface area contributed by atoms with E-state index in [0.717, 1.165) is 12.1 Å². The maximum absolute atomic E-state index is 12.1. The minimum absolute atomic E-state index is 0.311. The van der Waals surface area contributed by atoms with Crippen LogP contribution in [0.4, 0.5) is 0 Å². The van der Waals surface area contributed by atoms with Gasteiger partial charge in [0.2, 0.25) is 10.0 Å². The number of aryl methyl sites for hydroxylation is 1. The molecule has 16 heavy (non-hydrogen) atoms. The second kappa shape index (κ2) is 4.99. The van der Waals surface area contributed by atoms with Crippen molar-refractivity contribution in [1.82, 2.24) is 8.87 Å². The lowest BCUT2D eigenvalue weighted by molar-refractivity contribution is 0.468. The van der Waals surface area contributed by atoms with Crippen LogP contribution in [-0.2, 0) is 23.6 Å². The molecule has 0 fully saturated rings. The van der Waals surface area contributed by atoms with Gasteiger partial charge in [0.15, 0.2) is 0 Å². The van der Waals surface area contributed by atoms with E-state index in [-0.39, 0.29) is 0 Å². The summed E-state index contributed by atoms with van der Waals surface area (Å²) in [4.78, 5) is 0.311. The first-order valence-corrected chi connectivity index (χ1v) is 6.69. The summed E-state index contributed by atoms with van der Waals surface area (Å²) < 4.78 is 27.3. The normalized spacial score (nSPS) is 12.3. The van der Waals surface area contributed by atoms with Gasteiger partial charge in [0.05, 0.1) is 0 Å². The number of nitrogens with zero attached hydrogens (tertiary/aromatic N) is 2. The summed E-state index contributed by atoms with van der Waals surface area (Å²) in [5, 5.41) is 0. The highest BCUT2D eigenvalue weighted by atomic mass is 32.2. The minimum atomic E-state index is -3.36. The first-order valence-electron chi connectivity index (χ1n) is 5.25. The van der Waals surface area contributed by atoms with Crippen molar-refractivity contribution in [2.24, 2.45) is 12.8 Å². The fourth-order valence-corrected chi connectivity index (χ4v) is 2.90. The molecule has 0 aliphatic rings. The molecule has 2 N–H and O–H groups in total. The van der Waals surface area contributed by atoms with Crippen LogP contribution < -0.4 is 5.73 Å². The Morgan fingerprint density at radius 2 is 2.12 bits per heavy atom. The standard InChI is InChI=1S/C10H19N3O2S/c1-4-5-13(3)16(14,15)10-6-9(7-11)12(2)8-10/h6,8H,4-5,7,11H2,1-3H3. The van der Waals surface area contributed by atoms with E-state index in [4.69, 9.17) is 5.73 Å². The van der Waals surface area contributed by atoms with Crippen LogP contribution in [-0.4, -0.2) is 30.9 Å². The fourth-order valence-electron chi connectivity index (χ4n) is 1.54. The summed E-state index contributed by atoms with van der Waals surface area (Å²) in [6.45, 7) is 2.81. The predicted molar refractivity (Wildman–Crippen MR) is 63.4 cm³/mol. The molecule has 0 aliphatic heterocycles. The van der Waals surface area contributed by atoms with Crippen molar-refractivity contribution in [1.29, 1.82) is 0 Å². The number of hydrogen-bond donors (Lipinski definition) is 1. The Labute approximate surface area is 96.9 Å². The van der Waals surface area contributed by atoms with Crippen molar-refractivity contribution in [3.63, 3.8) is 0 Å². The van der Waals surface area contributed by atoms with Crippen molar-refractivity contribution in [2.45, 2.75) is 24.8 Å². The molecule has 0 unspecified atom stereocenters. The van der Waals surface area contributed by atoms with Crippen molar-refractivity contribution in [3.05, 3.63) is 18.0 Å². The van der Waals surface area contributed by atoms with Crippen molar-refractivity contribution >= 4 is 10.0 Å². The topological polar surface area (TPSA) is 68.3 Å². The summed E-state index contributed by atoms with van der Waals surface area (Å²) in [6, 6.07) is 1.63. The molecule has 0 bridgehead atoms. The second-order valence-electron chi connectivity index (χ2n) is 3.81. The van der Waals surface area contributed by atoms with Crippen LogP contribution in [0, 0.1) is 0 Å². The third-order valence-electron chi connectivity index (χ3n) is 2.54. The molecule has 0 saturated carbocycles. The van der Waals surface area contributed by atoms with E-state index in [1.807, 2.05) is 6.92 Å². The Bertz CT molecular complexity index is 451. The molecule has 1 aromatic rings. The maximum Gasteiger partial charge on any atom is 0.244 e. The minimum Gasteiger partial charge on any atom is -0.352 e. The van der Waals surface area contributed by atoms with Gasteiger partial charge in [-0.25, -0.2) is 12.7 Å². The second-order valence-corrected chi connectivity index (χ2v) is 5.85. The Balaban J connectivity index is 3.07. The highest BCUT2D eigenvalue weighted by Crippen LogP contribution is 2.17. The summed E-state index contributed by atoms with van der Waals surface area (Å²) in [5.41, 5.74) is 6.32. The highest BCUT2D eigenvalue weighted by molar-refractivity contribution is 7.89. The largest absolute Gasteiger partial charge is 0.352 e. The molecule has 0 atom stereocenters. The van der Waals surface area contributed by atoms with E-state index in [0.29, 0.717) is 18.0 Å². The summed E-state index contributed by atoms with van der Waals surface area (Å²) in [7, 11) is 0.0280. The van der Waals surface area contributed by atoms with Crippen molar-refractivity contribution in [3.8, 4) is 0 Å². The van der Waals surface area contributed by atoms with Gasteiger partial charge in [-0.2, -0.15) is 0 Å². The van der Waals surface area contributed by atoms with Crippen LogP contribution in [0.1, 0.15) is 19.0 Å². The number of rotatable bonds is 5. The Morgan fingerprint density at radius 1 is 1.50 bits per heavy atom. The van der Waals surface area contributed by atoms with Crippen LogP contribution in [0.3, 0.4) is 0 Å². The molecule has 92 valence electrons. The molecule has 0 aliphatic carbocycles. The zero-order valence-corrected chi connectivity index (χ0v) is 10.8. The van der Waals surface area contributed by atoms with Crippen LogP contribution in [0.2, 0.25) is 0 Å². The third-order valence-corrected chi connectivity index (χ3v) is 4.36. The molecule has 5 nitrogen and oxygen atoms in total. The van der Waals surface area contributed by atoms with Gasteiger partial charge >= 0.3 is 0 Å². The van der Waals surface area contributed by atoms with Crippen molar-refractivity contribution in [2.75, 3.05) is 13.6 Å². The molecule has 6 heteroatoms. The Kier molecular flexibility index (Phi) is 4.12. The lowest BCUT2D eigenvalue weighted by Crippen LogP contribution is -2.27. The molecule has 1 aromatic heterocycles. The smallest absolute Gasteiger partial charge is 0.244 e. The average Bonchev–Trinajstić information content (AvgIpc) is 2.60. The van der Waals surface area contributed by atoms with E-state index < -0.39 is 10.0 Å². The quantitative estimate of drug-likeness (QED) is 0.822. The van der Waals surface area contributed by atoms with Crippen LogP contribution in [0.5, 0.6) is 0 Å². The molecule has 0 radical (unpaired) electrons. The zero-order chi connectivity index (χ0) is 12.3. The number of nitrogens with two attached hydrogens (primary N) is 1. The predicted octanol–water partition coefficient (Wildman–Crippen LogP) is 0.514.